The highest BCUT2D eigenvalue weighted by Gasteiger charge is 2.40. The average Bonchev–Trinajstić information content (AvgIpc) is 3.34. The third-order valence-corrected chi connectivity index (χ3v) is 6.39. The van der Waals surface area contributed by atoms with E-state index in [1.54, 1.807) is 35.8 Å². The third-order valence-electron chi connectivity index (χ3n) is 4.33. The van der Waals surface area contributed by atoms with Crippen LogP contribution in [-0.4, -0.2) is 22.7 Å². The van der Waals surface area contributed by atoms with Crippen LogP contribution in [0.3, 0.4) is 0 Å². The van der Waals surface area contributed by atoms with Gasteiger partial charge in [0, 0.05) is 22.8 Å². The maximum Gasteiger partial charge on any atom is 0.283 e. The minimum absolute atomic E-state index is 0.0558. The van der Waals surface area contributed by atoms with Crippen molar-refractivity contribution >= 4 is 92.0 Å². The van der Waals surface area contributed by atoms with E-state index in [2.05, 4.69) is 15.6 Å². The van der Waals surface area contributed by atoms with Gasteiger partial charge in [-0.1, -0.05) is 46.4 Å². The van der Waals surface area contributed by atoms with Gasteiger partial charge in [-0.2, -0.15) is 0 Å². The van der Waals surface area contributed by atoms with Crippen molar-refractivity contribution in [1.82, 2.24) is 4.98 Å². The molecular weight excluding hydrogens is 518 g/mol. The number of carbonyl (C=O) groups excluding carboxylic acids is 3. The molecule has 1 aromatic heterocycles. The lowest BCUT2D eigenvalue weighted by Crippen LogP contribution is -2.32. The van der Waals surface area contributed by atoms with Gasteiger partial charge in [-0.15, -0.1) is 11.3 Å². The molecule has 2 N–H and O–H groups in total. The zero-order valence-corrected chi connectivity index (χ0v) is 19.5. The zero-order valence-electron chi connectivity index (χ0n) is 15.7. The third kappa shape index (κ3) is 4.32. The number of hydrogen-bond donors (Lipinski definition) is 2. The fourth-order valence-electron chi connectivity index (χ4n) is 2.82. The summed E-state index contributed by atoms with van der Waals surface area (Å²) in [7, 11) is 0. The summed E-state index contributed by atoms with van der Waals surface area (Å²) in [6.45, 7) is 0. The van der Waals surface area contributed by atoms with Gasteiger partial charge in [0.25, 0.3) is 17.7 Å². The minimum Gasteiger partial charge on any atom is -0.350 e. The Hall–Kier alpha value is -2.62. The molecule has 1 aliphatic heterocycles. The highest BCUT2D eigenvalue weighted by molar-refractivity contribution is 7.13. The number of nitrogens with zero attached hydrogens (tertiary/aromatic N) is 2. The molecule has 0 atom stereocenters. The first-order valence-corrected chi connectivity index (χ1v) is 11.2. The fraction of sp³-hybridized carbons (Fsp3) is 0. The summed E-state index contributed by atoms with van der Waals surface area (Å²) < 4.78 is 0. The first-order chi connectivity index (χ1) is 15.3. The lowest BCUT2D eigenvalue weighted by Gasteiger charge is -2.17. The Labute approximate surface area is 205 Å². The molecule has 2 heterocycles. The topological polar surface area (TPSA) is 91.4 Å². The van der Waals surface area contributed by atoms with E-state index >= 15 is 0 Å². The van der Waals surface area contributed by atoms with Crippen LogP contribution in [0.1, 0.15) is 10.4 Å². The summed E-state index contributed by atoms with van der Waals surface area (Å²) in [5.74, 6) is -1.82. The van der Waals surface area contributed by atoms with Crippen LogP contribution in [0, 0.1) is 0 Å². The second-order valence-electron chi connectivity index (χ2n) is 6.35. The number of rotatable bonds is 5. The van der Waals surface area contributed by atoms with Crippen molar-refractivity contribution in [1.29, 1.82) is 0 Å². The lowest BCUT2D eigenvalue weighted by atomic mass is 10.2. The van der Waals surface area contributed by atoms with Gasteiger partial charge in [0.1, 0.15) is 10.7 Å². The number of hydrogen-bond acceptors (Lipinski definition) is 6. The molecule has 0 radical (unpaired) electrons. The minimum atomic E-state index is -0.765. The largest absolute Gasteiger partial charge is 0.350 e. The quantitative estimate of drug-likeness (QED) is 0.323. The summed E-state index contributed by atoms with van der Waals surface area (Å²) in [5.41, 5.74) is 0.732. The first kappa shape index (κ1) is 22.6. The molecule has 32 heavy (non-hydrogen) atoms. The molecule has 0 unspecified atom stereocenters. The Morgan fingerprint density at radius 1 is 0.938 bits per heavy atom. The maximum absolute atomic E-state index is 12.9. The summed E-state index contributed by atoms with van der Waals surface area (Å²) in [5, 5.41) is 7.75. The Morgan fingerprint density at radius 2 is 1.62 bits per heavy atom. The molecule has 3 aromatic rings. The molecule has 3 amide bonds. The Bertz CT molecular complexity index is 1280. The molecule has 1 aliphatic rings. The molecule has 0 saturated heterocycles. The number of amides is 3. The van der Waals surface area contributed by atoms with Crippen LogP contribution in [-0.2, 0) is 9.59 Å². The predicted octanol–water partition coefficient (Wildman–Crippen LogP) is 5.79. The molecule has 4 rings (SSSR count). The Kier molecular flexibility index (Phi) is 6.41. The van der Waals surface area contributed by atoms with E-state index < -0.39 is 11.8 Å². The highest BCUT2D eigenvalue weighted by atomic mass is 35.5. The van der Waals surface area contributed by atoms with Crippen LogP contribution >= 0.6 is 57.7 Å². The van der Waals surface area contributed by atoms with E-state index in [1.807, 2.05) is 0 Å². The van der Waals surface area contributed by atoms with E-state index in [4.69, 9.17) is 46.4 Å². The fourth-order valence-corrected chi connectivity index (χ4v) is 4.18. The number of carbonyl (C=O) groups is 3. The SMILES string of the molecule is O=C(Nc1nccs1)c1ccc(NC2=C(Cl)C(=O)N(c3cc(Cl)c(Cl)cc3Cl)C2=O)cc1. The normalized spacial score (nSPS) is 13.7. The number of nitrogens with one attached hydrogen (secondary N) is 2. The Morgan fingerprint density at radius 3 is 2.28 bits per heavy atom. The Balaban J connectivity index is 1.53. The van der Waals surface area contributed by atoms with Crippen LogP contribution in [0.2, 0.25) is 15.1 Å². The van der Waals surface area contributed by atoms with Crippen molar-refractivity contribution in [2.75, 3.05) is 15.5 Å². The van der Waals surface area contributed by atoms with E-state index in [0.29, 0.717) is 16.4 Å². The second-order valence-corrected chi connectivity index (χ2v) is 8.84. The second kappa shape index (κ2) is 9.09. The molecule has 12 heteroatoms. The van der Waals surface area contributed by atoms with Crippen LogP contribution in [0.25, 0.3) is 0 Å². The summed E-state index contributed by atoms with van der Waals surface area (Å²) >= 11 is 25.5. The van der Waals surface area contributed by atoms with Gasteiger partial charge in [-0.3, -0.25) is 19.7 Å². The smallest absolute Gasteiger partial charge is 0.283 e. The summed E-state index contributed by atoms with van der Waals surface area (Å²) in [6, 6.07) is 8.88. The van der Waals surface area contributed by atoms with Crippen molar-refractivity contribution in [2.45, 2.75) is 0 Å². The highest BCUT2D eigenvalue weighted by Crippen LogP contribution is 2.38. The van der Waals surface area contributed by atoms with Crippen molar-refractivity contribution in [3.8, 4) is 0 Å². The standard InChI is InChI=1S/C20H10Cl4N4O3S/c21-11-7-13(23)14(8-12(11)22)28-18(30)15(24)16(19(28)31)26-10-3-1-9(2-4-10)17(29)27-20-25-5-6-32-20/h1-8,26H,(H,25,27,29). The van der Waals surface area contributed by atoms with Gasteiger partial charge in [0.05, 0.1) is 20.8 Å². The van der Waals surface area contributed by atoms with E-state index in [1.165, 1.54) is 23.5 Å². The van der Waals surface area contributed by atoms with Gasteiger partial charge >= 0.3 is 0 Å². The van der Waals surface area contributed by atoms with E-state index in [0.717, 1.165) is 4.90 Å². The molecule has 2 aromatic carbocycles. The number of benzene rings is 2. The van der Waals surface area contributed by atoms with E-state index in [-0.39, 0.29) is 37.4 Å². The molecule has 0 fully saturated rings. The molecule has 0 bridgehead atoms. The lowest BCUT2D eigenvalue weighted by molar-refractivity contribution is -0.120. The van der Waals surface area contributed by atoms with Crippen LogP contribution in [0.4, 0.5) is 16.5 Å². The molecule has 162 valence electrons. The van der Waals surface area contributed by atoms with Crippen LogP contribution in [0.15, 0.2) is 58.7 Å². The van der Waals surface area contributed by atoms with Crippen LogP contribution < -0.4 is 15.5 Å². The van der Waals surface area contributed by atoms with Crippen molar-refractivity contribution in [3.63, 3.8) is 0 Å². The number of halogens is 4. The molecular formula is C20H10Cl4N4O3S. The van der Waals surface area contributed by atoms with Gasteiger partial charge in [0.2, 0.25) is 0 Å². The van der Waals surface area contributed by atoms with Crippen molar-refractivity contribution in [2.24, 2.45) is 0 Å². The first-order valence-electron chi connectivity index (χ1n) is 8.77. The number of thiazole rings is 1. The zero-order chi connectivity index (χ0) is 23.0. The maximum atomic E-state index is 12.9. The molecule has 0 aliphatic carbocycles. The summed E-state index contributed by atoms with van der Waals surface area (Å²) in [4.78, 5) is 42.6. The van der Waals surface area contributed by atoms with Gasteiger partial charge < -0.3 is 5.32 Å². The predicted molar refractivity (Wildman–Crippen MR) is 127 cm³/mol. The molecule has 0 saturated carbocycles. The van der Waals surface area contributed by atoms with Crippen molar-refractivity contribution in [3.05, 3.63) is 79.3 Å². The molecule has 7 nitrogen and oxygen atoms in total. The monoisotopic (exact) mass is 526 g/mol. The van der Waals surface area contributed by atoms with Crippen LogP contribution in [0.5, 0.6) is 0 Å². The summed E-state index contributed by atoms with van der Waals surface area (Å²) in [6.07, 6.45) is 1.58. The molecule has 0 spiro atoms. The van der Waals surface area contributed by atoms with Crippen molar-refractivity contribution < 1.29 is 14.4 Å². The number of anilines is 3. The number of imide groups is 1. The average molecular weight is 528 g/mol. The van der Waals surface area contributed by atoms with Gasteiger partial charge in [-0.05, 0) is 36.4 Å². The van der Waals surface area contributed by atoms with Gasteiger partial charge in [-0.25, -0.2) is 9.88 Å². The number of aromatic nitrogens is 1. The van der Waals surface area contributed by atoms with Gasteiger partial charge in [0.15, 0.2) is 5.13 Å². The van der Waals surface area contributed by atoms with E-state index in [9.17, 15) is 14.4 Å².